The molecular formula is C18H17FN4O2. The second-order valence-corrected chi connectivity index (χ2v) is 5.64. The van der Waals surface area contributed by atoms with Crippen LogP contribution in [0.25, 0.3) is 0 Å². The molecule has 7 heteroatoms. The summed E-state index contributed by atoms with van der Waals surface area (Å²) in [5.41, 5.74) is 0.855. The molecule has 3 rings (SSSR count). The topological polar surface area (TPSA) is 69.5 Å². The van der Waals surface area contributed by atoms with E-state index in [4.69, 9.17) is 10.00 Å². The molecular weight excluding hydrogens is 323 g/mol. The lowest BCUT2D eigenvalue weighted by molar-refractivity contribution is 0.0746. The Kier molecular flexibility index (Phi) is 4.80. The van der Waals surface area contributed by atoms with Gasteiger partial charge in [-0.2, -0.15) is 5.26 Å². The Hall–Kier alpha value is -3.14. The van der Waals surface area contributed by atoms with Crippen LogP contribution in [-0.4, -0.2) is 49.1 Å². The van der Waals surface area contributed by atoms with Crippen molar-refractivity contribution in [3.8, 4) is 11.8 Å². The second-order valence-electron chi connectivity index (χ2n) is 5.64. The van der Waals surface area contributed by atoms with Gasteiger partial charge in [0.2, 0.25) is 0 Å². The van der Waals surface area contributed by atoms with Crippen molar-refractivity contribution in [2.24, 2.45) is 0 Å². The second kappa shape index (κ2) is 7.18. The van der Waals surface area contributed by atoms with E-state index in [1.165, 1.54) is 19.2 Å². The molecule has 0 radical (unpaired) electrons. The number of piperazine rings is 1. The Bertz CT molecular complexity index is 826. The highest BCUT2D eigenvalue weighted by Gasteiger charge is 2.23. The monoisotopic (exact) mass is 340 g/mol. The van der Waals surface area contributed by atoms with Crippen LogP contribution in [0.1, 0.15) is 15.9 Å². The molecule has 1 aliphatic rings. The number of hydrogen-bond donors (Lipinski definition) is 0. The molecule has 25 heavy (non-hydrogen) atoms. The third kappa shape index (κ3) is 3.53. The van der Waals surface area contributed by atoms with Gasteiger partial charge in [-0.05, 0) is 30.3 Å². The summed E-state index contributed by atoms with van der Waals surface area (Å²) in [6, 6.07) is 9.70. The number of carbonyl (C=O) groups is 1. The minimum absolute atomic E-state index is 0.116. The summed E-state index contributed by atoms with van der Waals surface area (Å²) >= 11 is 0. The molecule has 1 aliphatic heterocycles. The summed E-state index contributed by atoms with van der Waals surface area (Å²) in [7, 11) is 1.38. The minimum atomic E-state index is -0.551. The first-order valence-electron chi connectivity index (χ1n) is 7.86. The van der Waals surface area contributed by atoms with E-state index in [9.17, 15) is 9.18 Å². The van der Waals surface area contributed by atoms with Gasteiger partial charge >= 0.3 is 0 Å². The van der Waals surface area contributed by atoms with Crippen LogP contribution < -0.4 is 9.64 Å². The third-order valence-electron chi connectivity index (χ3n) is 4.16. The first-order valence-corrected chi connectivity index (χ1v) is 7.86. The molecule has 0 aliphatic carbocycles. The minimum Gasteiger partial charge on any atom is -0.494 e. The fourth-order valence-corrected chi connectivity index (χ4v) is 2.78. The number of hydrogen-bond acceptors (Lipinski definition) is 5. The molecule has 1 aromatic heterocycles. The van der Waals surface area contributed by atoms with Gasteiger partial charge in [-0.3, -0.25) is 4.79 Å². The molecule has 0 atom stereocenters. The molecule has 0 unspecified atom stereocenters. The summed E-state index contributed by atoms with van der Waals surface area (Å²) in [5, 5.41) is 8.97. The molecule has 2 heterocycles. The molecule has 1 fully saturated rings. The maximum absolute atomic E-state index is 13.8. The van der Waals surface area contributed by atoms with E-state index in [1.807, 2.05) is 4.90 Å². The number of halogens is 1. The lowest BCUT2D eigenvalue weighted by Gasteiger charge is -2.35. The molecule has 2 aromatic rings. The highest BCUT2D eigenvalue weighted by Crippen LogP contribution is 2.20. The quantitative estimate of drug-likeness (QED) is 0.855. The zero-order chi connectivity index (χ0) is 17.8. The number of amides is 1. The van der Waals surface area contributed by atoms with Gasteiger partial charge in [0, 0.05) is 37.9 Å². The Morgan fingerprint density at radius 3 is 2.64 bits per heavy atom. The molecule has 128 valence electrons. The smallest absolute Gasteiger partial charge is 0.254 e. The van der Waals surface area contributed by atoms with Crippen LogP contribution in [0.15, 0.2) is 36.5 Å². The van der Waals surface area contributed by atoms with Crippen molar-refractivity contribution in [3.05, 3.63) is 53.5 Å². The third-order valence-corrected chi connectivity index (χ3v) is 4.16. The fraction of sp³-hybridized carbons (Fsp3) is 0.278. The van der Waals surface area contributed by atoms with Crippen LogP contribution in [0.2, 0.25) is 0 Å². The van der Waals surface area contributed by atoms with E-state index in [1.54, 1.807) is 29.3 Å². The number of nitriles is 1. The largest absolute Gasteiger partial charge is 0.494 e. The standard InChI is InChI=1S/C18H17FN4O2/c1-25-16-3-2-14(11-15(16)19)18(24)23-8-6-22(7-9-23)17-10-13(12-20)4-5-21-17/h2-5,10-11H,6-9H2,1H3. The molecule has 6 nitrogen and oxygen atoms in total. The Morgan fingerprint density at radius 1 is 1.24 bits per heavy atom. The predicted molar refractivity (Wildman–Crippen MR) is 90.0 cm³/mol. The normalized spacial score (nSPS) is 14.1. The van der Waals surface area contributed by atoms with Gasteiger partial charge in [0.15, 0.2) is 11.6 Å². The van der Waals surface area contributed by atoms with Gasteiger partial charge in [0.25, 0.3) is 5.91 Å². The molecule has 0 spiro atoms. The van der Waals surface area contributed by atoms with E-state index in [2.05, 4.69) is 11.1 Å². The zero-order valence-electron chi connectivity index (χ0n) is 13.8. The molecule has 0 saturated carbocycles. The lowest BCUT2D eigenvalue weighted by Crippen LogP contribution is -2.49. The summed E-state index contributed by atoms with van der Waals surface area (Å²) in [5.74, 6) is 0.0795. The highest BCUT2D eigenvalue weighted by molar-refractivity contribution is 5.94. The number of benzene rings is 1. The van der Waals surface area contributed by atoms with Crippen LogP contribution >= 0.6 is 0 Å². The van der Waals surface area contributed by atoms with Crippen LogP contribution in [0.4, 0.5) is 10.2 Å². The van der Waals surface area contributed by atoms with E-state index in [-0.39, 0.29) is 11.7 Å². The van der Waals surface area contributed by atoms with Gasteiger partial charge in [0.05, 0.1) is 18.7 Å². The van der Waals surface area contributed by atoms with Crippen molar-refractivity contribution < 1.29 is 13.9 Å². The summed E-state index contributed by atoms with van der Waals surface area (Å²) in [6.07, 6.45) is 1.60. The maximum atomic E-state index is 13.8. The van der Waals surface area contributed by atoms with E-state index in [0.717, 1.165) is 5.82 Å². The number of rotatable bonds is 3. The molecule has 1 saturated heterocycles. The summed E-state index contributed by atoms with van der Waals surface area (Å²) in [6.45, 7) is 2.22. The van der Waals surface area contributed by atoms with Crippen molar-refractivity contribution >= 4 is 11.7 Å². The van der Waals surface area contributed by atoms with Crippen molar-refractivity contribution in [2.45, 2.75) is 0 Å². The van der Waals surface area contributed by atoms with E-state index in [0.29, 0.717) is 37.3 Å². The average Bonchev–Trinajstić information content (AvgIpc) is 2.67. The number of pyridine rings is 1. The lowest BCUT2D eigenvalue weighted by atomic mass is 10.1. The van der Waals surface area contributed by atoms with Gasteiger partial charge in [-0.25, -0.2) is 9.37 Å². The SMILES string of the molecule is COc1ccc(C(=O)N2CCN(c3cc(C#N)ccn3)CC2)cc1F. The number of aromatic nitrogens is 1. The first kappa shape index (κ1) is 16.7. The maximum Gasteiger partial charge on any atom is 0.254 e. The van der Waals surface area contributed by atoms with Crippen LogP contribution in [0.3, 0.4) is 0 Å². The Morgan fingerprint density at radius 2 is 2.00 bits per heavy atom. The zero-order valence-corrected chi connectivity index (χ0v) is 13.8. The molecule has 1 aromatic carbocycles. The van der Waals surface area contributed by atoms with Crippen molar-refractivity contribution in [3.63, 3.8) is 0 Å². The number of ether oxygens (including phenoxy) is 1. The van der Waals surface area contributed by atoms with Crippen molar-refractivity contribution in [1.29, 1.82) is 5.26 Å². The van der Waals surface area contributed by atoms with Crippen molar-refractivity contribution in [2.75, 3.05) is 38.2 Å². The Balaban J connectivity index is 1.66. The summed E-state index contributed by atoms with van der Waals surface area (Å²) < 4.78 is 18.7. The van der Waals surface area contributed by atoms with Gasteiger partial charge in [-0.15, -0.1) is 0 Å². The Labute approximate surface area is 145 Å². The fourth-order valence-electron chi connectivity index (χ4n) is 2.78. The van der Waals surface area contributed by atoms with Gasteiger partial charge in [0.1, 0.15) is 5.82 Å². The first-order chi connectivity index (χ1) is 12.1. The summed E-state index contributed by atoms with van der Waals surface area (Å²) in [4.78, 5) is 20.5. The number of carbonyl (C=O) groups excluding carboxylic acids is 1. The number of nitrogens with zero attached hydrogens (tertiary/aromatic N) is 4. The number of anilines is 1. The predicted octanol–water partition coefficient (Wildman–Crippen LogP) is 2.06. The van der Waals surface area contributed by atoms with Gasteiger partial charge in [-0.1, -0.05) is 0 Å². The molecule has 0 bridgehead atoms. The van der Waals surface area contributed by atoms with Gasteiger partial charge < -0.3 is 14.5 Å². The molecule has 0 N–H and O–H groups in total. The van der Waals surface area contributed by atoms with E-state index >= 15 is 0 Å². The van der Waals surface area contributed by atoms with Crippen LogP contribution in [0, 0.1) is 17.1 Å². The van der Waals surface area contributed by atoms with Crippen LogP contribution in [0.5, 0.6) is 5.75 Å². The van der Waals surface area contributed by atoms with Crippen LogP contribution in [-0.2, 0) is 0 Å². The highest BCUT2D eigenvalue weighted by atomic mass is 19.1. The average molecular weight is 340 g/mol. The number of methoxy groups -OCH3 is 1. The van der Waals surface area contributed by atoms with Crippen molar-refractivity contribution in [1.82, 2.24) is 9.88 Å². The molecule has 1 amide bonds. The van der Waals surface area contributed by atoms with E-state index < -0.39 is 5.82 Å².